The number of H-pyrrole nitrogens is 1. The van der Waals surface area contributed by atoms with Gasteiger partial charge in [-0.3, -0.25) is 14.3 Å². The van der Waals surface area contributed by atoms with Crippen LogP contribution in [0, 0.1) is 6.92 Å². The number of hydrogen-bond donors (Lipinski definition) is 1. The van der Waals surface area contributed by atoms with Gasteiger partial charge in [-0.05, 0) is 14.5 Å². The topological polar surface area (TPSA) is 137 Å². The van der Waals surface area contributed by atoms with Gasteiger partial charge in [0.15, 0.2) is 0 Å². The van der Waals surface area contributed by atoms with Crippen LogP contribution in [-0.2, 0) is 20.6 Å². The predicted molar refractivity (Wildman–Crippen MR) is 65.3 cm³/mol. The third-order valence-electron chi connectivity index (χ3n) is 2.41. The standard InChI is InChI=1S/C10H17N2O7P.2Li/c1-7-3-12(10(14)11-9(7)13)4-8(5-18-2)19-6-20(15,16)17;;/h3,8H,4-6H2,1-2H3,(H,11,13,14)(H2,15,16,17);;/q;2*+1/p-2/t8-;;/m1../s1. The molecule has 1 aromatic rings. The number of aromatic amines is 1. The van der Waals surface area contributed by atoms with Gasteiger partial charge in [0.2, 0.25) is 0 Å². The van der Waals surface area contributed by atoms with Crippen LogP contribution in [0.4, 0.5) is 0 Å². The van der Waals surface area contributed by atoms with Crippen LogP contribution in [0.5, 0.6) is 0 Å². The molecule has 0 aliphatic carbocycles. The number of aromatic nitrogens is 2. The molecule has 0 radical (unpaired) electrons. The molecule has 0 aromatic carbocycles. The Kier molecular flexibility index (Phi) is 11.7. The summed E-state index contributed by atoms with van der Waals surface area (Å²) in [5.41, 5.74) is -0.837. The molecule has 9 nitrogen and oxygen atoms in total. The zero-order chi connectivity index (χ0) is 15.3. The molecule has 0 saturated carbocycles. The van der Waals surface area contributed by atoms with Gasteiger partial charge in [-0.15, -0.1) is 0 Å². The average molecular weight is 320 g/mol. The maximum Gasteiger partial charge on any atom is 1.00 e. The molecule has 12 heteroatoms. The number of rotatable bonds is 7. The molecule has 0 amide bonds. The molecule has 0 bridgehead atoms. The Bertz CT molecular complexity index is 612. The molecule has 0 aliphatic heterocycles. The van der Waals surface area contributed by atoms with Gasteiger partial charge in [0.1, 0.15) is 0 Å². The van der Waals surface area contributed by atoms with E-state index in [4.69, 9.17) is 9.47 Å². The Morgan fingerprint density at radius 2 is 1.95 bits per heavy atom. The fraction of sp³-hybridized carbons (Fsp3) is 0.600. The smallest absolute Gasteiger partial charge is 0.809 e. The largest absolute Gasteiger partial charge is 1.00 e. The minimum Gasteiger partial charge on any atom is -0.809 e. The SMILES string of the molecule is COC[C@@H](Cn1cc(C)c(=O)[nH]c1=O)OCP(=O)([O-])[O-].[Li+].[Li+]. The molecule has 0 fully saturated rings. The number of ether oxygens (including phenoxy) is 2. The Morgan fingerprint density at radius 3 is 2.45 bits per heavy atom. The van der Waals surface area contributed by atoms with Gasteiger partial charge in [-0.2, -0.15) is 0 Å². The van der Waals surface area contributed by atoms with Crippen molar-refractivity contribution in [2.45, 2.75) is 19.6 Å². The Morgan fingerprint density at radius 1 is 1.36 bits per heavy atom. The molecule has 1 N–H and O–H groups in total. The molecule has 1 aromatic heterocycles. The molecule has 0 spiro atoms. The second-order valence-corrected chi connectivity index (χ2v) is 5.69. The van der Waals surface area contributed by atoms with Crippen LogP contribution in [0.1, 0.15) is 5.56 Å². The summed E-state index contributed by atoms with van der Waals surface area (Å²) in [7, 11) is -3.43. The van der Waals surface area contributed by atoms with Gasteiger partial charge in [-0.25, -0.2) is 4.79 Å². The molecule has 22 heavy (non-hydrogen) atoms. The average Bonchev–Trinajstić information content (AvgIpc) is 2.32. The van der Waals surface area contributed by atoms with Crippen LogP contribution >= 0.6 is 7.60 Å². The van der Waals surface area contributed by atoms with Gasteiger partial charge in [0, 0.05) is 18.9 Å². The maximum atomic E-state index is 11.6. The normalized spacial score (nSPS) is 12.2. The van der Waals surface area contributed by atoms with Gasteiger partial charge >= 0.3 is 43.4 Å². The molecule has 0 aliphatic rings. The molecule has 114 valence electrons. The summed E-state index contributed by atoms with van der Waals surface area (Å²) in [5.74, 6) is 0. The van der Waals surface area contributed by atoms with E-state index in [1.165, 1.54) is 20.2 Å². The molecule has 1 rings (SSSR count). The van der Waals surface area contributed by atoms with E-state index in [-0.39, 0.29) is 50.9 Å². The summed E-state index contributed by atoms with van der Waals surface area (Å²) in [6.45, 7) is 1.46. The number of nitrogens with zero attached hydrogens (tertiary/aromatic N) is 1. The van der Waals surface area contributed by atoms with E-state index in [1.54, 1.807) is 0 Å². The van der Waals surface area contributed by atoms with Crippen LogP contribution in [0.25, 0.3) is 0 Å². The van der Waals surface area contributed by atoms with E-state index >= 15 is 0 Å². The van der Waals surface area contributed by atoms with E-state index in [9.17, 15) is 23.9 Å². The summed E-state index contributed by atoms with van der Waals surface area (Å²) in [4.78, 5) is 46.0. The summed E-state index contributed by atoms with van der Waals surface area (Å²) < 4.78 is 21.4. The summed E-state index contributed by atoms with van der Waals surface area (Å²) >= 11 is 0. The van der Waals surface area contributed by atoms with Gasteiger partial charge in [-0.1, -0.05) is 0 Å². The van der Waals surface area contributed by atoms with Crippen LogP contribution in [0.2, 0.25) is 0 Å². The molecule has 0 unspecified atom stereocenters. The van der Waals surface area contributed by atoms with Crippen LogP contribution in [0.15, 0.2) is 15.8 Å². The number of hydrogen-bond acceptors (Lipinski definition) is 7. The first-order valence-electron chi connectivity index (χ1n) is 5.65. The van der Waals surface area contributed by atoms with Crippen molar-refractivity contribution >= 4 is 7.60 Å². The minimum absolute atomic E-state index is 0. The van der Waals surface area contributed by atoms with Crippen molar-refractivity contribution in [2.75, 3.05) is 20.1 Å². The second kappa shape index (κ2) is 10.7. The molecule has 0 saturated heterocycles. The first kappa shape index (κ1) is 24.2. The first-order chi connectivity index (χ1) is 9.23. The van der Waals surface area contributed by atoms with Gasteiger partial charge < -0.3 is 23.8 Å². The number of nitrogens with one attached hydrogen (secondary N) is 1. The fourth-order valence-corrected chi connectivity index (χ4v) is 1.90. The monoisotopic (exact) mass is 320 g/mol. The van der Waals surface area contributed by atoms with E-state index in [0.717, 1.165) is 4.57 Å². The second-order valence-electron chi connectivity index (χ2n) is 4.21. The summed E-state index contributed by atoms with van der Waals surface area (Å²) in [6.07, 6.45) is -0.474. The predicted octanol–water partition coefficient (Wildman–Crippen LogP) is -8.24. The molecule has 1 atom stereocenters. The van der Waals surface area contributed by atoms with Crippen molar-refractivity contribution in [1.29, 1.82) is 0 Å². The van der Waals surface area contributed by atoms with Crippen molar-refractivity contribution < 1.29 is 61.5 Å². The van der Waals surface area contributed by atoms with E-state index in [0.29, 0.717) is 5.56 Å². The quantitative estimate of drug-likeness (QED) is 0.389. The van der Waals surface area contributed by atoms with Gasteiger partial charge in [0.05, 0.1) is 25.6 Å². The van der Waals surface area contributed by atoms with Crippen molar-refractivity contribution in [3.63, 3.8) is 0 Å². The zero-order valence-corrected chi connectivity index (χ0v) is 13.9. The number of methoxy groups -OCH3 is 1. The maximum absolute atomic E-state index is 11.6. The van der Waals surface area contributed by atoms with Gasteiger partial charge in [0.25, 0.3) is 5.56 Å². The van der Waals surface area contributed by atoms with Crippen LogP contribution in [0.3, 0.4) is 0 Å². The third kappa shape index (κ3) is 8.54. The fourth-order valence-electron chi connectivity index (χ4n) is 1.51. The first-order valence-corrected chi connectivity index (χ1v) is 7.37. The van der Waals surface area contributed by atoms with Crippen LogP contribution < -0.4 is 58.8 Å². The number of aryl methyl sites for hydroxylation is 1. The van der Waals surface area contributed by atoms with Crippen molar-refractivity contribution in [2.24, 2.45) is 0 Å². The van der Waals surface area contributed by atoms with Crippen molar-refractivity contribution in [1.82, 2.24) is 9.55 Å². The Labute approximate surface area is 150 Å². The van der Waals surface area contributed by atoms with Crippen molar-refractivity contribution in [3.8, 4) is 0 Å². The summed E-state index contributed by atoms with van der Waals surface area (Å²) in [6, 6.07) is 0. The molecule has 1 heterocycles. The molecular weight excluding hydrogens is 305 g/mol. The van der Waals surface area contributed by atoms with E-state index in [1.807, 2.05) is 0 Å². The van der Waals surface area contributed by atoms with E-state index in [2.05, 4.69) is 4.98 Å². The Balaban J connectivity index is 0. The van der Waals surface area contributed by atoms with E-state index < -0.39 is 31.3 Å². The zero-order valence-electron chi connectivity index (χ0n) is 13.0. The minimum atomic E-state index is -4.80. The Hall–Kier alpha value is -0.0552. The molecular formula is C10H15Li2N2O7P. The van der Waals surface area contributed by atoms with Crippen LogP contribution in [-0.4, -0.2) is 35.7 Å². The van der Waals surface area contributed by atoms with Crippen molar-refractivity contribution in [3.05, 3.63) is 32.6 Å². The summed E-state index contributed by atoms with van der Waals surface area (Å²) in [5, 5.41) is 0. The third-order valence-corrected chi connectivity index (χ3v) is 2.88.